The molecule has 0 saturated carbocycles. The van der Waals surface area contributed by atoms with Gasteiger partial charge in [0.15, 0.2) is 0 Å². The second kappa shape index (κ2) is 10.4. The van der Waals surface area contributed by atoms with Gasteiger partial charge in [0.25, 0.3) is 0 Å². The summed E-state index contributed by atoms with van der Waals surface area (Å²) in [5, 5.41) is 16.4. The summed E-state index contributed by atoms with van der Waals surface area (Å²) < 4.78 is 0. The highest BCUT2D eigenvalue weighted by molar-refractivity contribution is 6.21. The van der Waals surface area contributed by atoms with Crippen LogP contribution in [0.15, 0.2) is 128 Å². The maximum atomic E-state index is 8.39. The van der Waals surface area contributed by atoms with Crippen molar-refractivity contribution in [1.29, 1.82) is 5.41 Å². The van der Waals surface area contributed by atoms with Crippen LogP contribution in [-0.4, -0.2) is 6.21 Å². The summed E-state index contributed by atoms with van der Waals surface area (Å²) in [6, 6.07) is 31.4. The van der Waals surface area contributed by atoms with Crippen molar-refractivity contribution < 1.29 is 0 Å². The molecular formula is C34H29N3. The first-order valence-electron chi connectivity index (χ1n) is 12.3. The fourth-order valence-corrected chi connectivity index (χ4v) is 5.01. The minimum atomic E-state index is 0.631. The van der Waals surface area contributed by atoms with Crippen molar-refractivity contribution in [2.75, 3.05) is 11.1 Å². The van der Waals surface area contributed by atoms with Crippen molar-refractivity contribution in [2.24, 2.45) is 0 Å². The molecule has 0 bridgehead atoms. The Kier molecular flexibility index (Phi) is 6.69. The summed E-state index contributed by atoms with van der Waals surface area (Å²) in [5.74, 6) is 0. The van der Waals surface area contributed by atoms with E-state index in [0.717, 1.165) is 55.2 Å². The van der Waals surface area contributed by atoms with E-state index in [-0.39, 0.29) is 0 Å². The molecule has 0 aliphatic rings. The number of nitrogens with two attached hydrogens (primary N) is 1. The van der Waals surface area contributed by atoms with E-state index in [2.05, 4.69) is 84.7 Å². The van der Waals surface area contributed by atoms with Crippen LogP contribution in [-0.2, 0) is 0 Å². The highest BCUT2D eigenvalue weighted by atomic mass is 14.9. The molecule has 0 amide bonds. The van der Waals surface area contributed by atoms with Crippen molar-refractivity contribution in [1.82, 2.24) is 0 Å². The molecule has 3 nitrogen and oxygen atoms in total. The number of hydrogen-bond donors (Lipinski definition) is 3. The molecule has 0 aliphatic carbocycles. The maximum absolute atomic E-state index is 8.39. The van der Waals surface area contributed by atoms with Crippen LogP contribution in [0.3, 0.4) is 0 Å². The first-order chi connectivity index (χ1) is 18.2. The predicted molar refractivity (Wildman–Crippen MR) is 161 cm³/mol. The number of allylic oxidation sites excluding steroid dienone is 4. The zero-order chi connectivity index (χ0) is 25.8. The normalized spacial score (nSPS) is 11.8. The predicted octanol–water partition coefficient (Wildman–Crippen LogP) is 8.96. The monoisotopic (exact) mass is 479 g/mol. The van der Waals surface area contributed by atoms with Crippen LogP contribution in [0.5, 0.6) is 0 Å². The van der Waals surface area contributed by atoms with Gasteiger partial charge in [0.05, 0.1) is 0 Å². The number of hydrogen-bond acceptors (Lipinski definition) is 3. The van der Waals surface area contributed by atoms with Gasteiger partial charge in [-0.05, 0) is 75.5 Å². The molecule has 5 aromatic rings. The lowest BCUT2D eigenvalue weighted by atomic mass is 9.87. The number of nitrogen functional groups attached to an aromatic ring is 1. The average Bonchev–Trinajstić information content (AvgIpc) is 2.93. The van der Waals surface area contributed by atoms with Crippen molar-refractivity contribution >= 4 is 39.1 Å². The van der Waals surface area contributed by atoms with Gasteiger partial charge in [0.2, 0.25) is 0 Å². The number of fused-ring (bicyclic) bond motifs is 3. The lowest BCUT2D eigenvalue weighted by Gasteiger charge is -2.20. The molecule has 0 spiro atoms. The Morgan fingerprint density at radius 3 is 2.38 bits per heavy atom. The molecule has 0 aliphatic heterocycles. The Hall–Kier alpha value is -4.89. The topological polar surface area (TPSA) is 61.9 Å². The Bertz CT molecular complexity index is 1690. The van der Waals surface area contributed by atoms with Gasteiger partial charge < -0.3 is 16.5 Å². The highest BCUT2D eigenvalue weighted by Gasteiger charge is 2.18. The second-order valence-electron chi connectivity index (χ2n) is 8.86. The van der Waals surface area contributed by atoms with Gasteiger partial charge in [-0.3, -0.25) is 0 Å². The minimum Gasteiger partial charge on any atom is -0.398 e. The van der Waals surface area contributed by atoms with Crippen molar-refractivity contribution in [3.8, 4) is 22.3 Å². The fraction of sp³-hybridized carbons (Fsp3) is 0.0294. The number of anilines is 2. The van der Waals surface area contributed by atoms with E-state index in [0.29, 0.717) is 5.69 Å². The Labute approximate surface area is 217 Å². The third-order valence-corrected chi connectivity index (χ3v) is 6.58. The van der Waals surface area contributed by atoms with E-state index in [4.69, 9.17) is 11.1 Å². The van der Waals surface area contributed by atoms with E-state index >= 15 is 0 Å². The molecule has 3 heteroatoms. The summed E-state index contributed by atoms with van der Waals surface area (Å²) in [5.41, 5.74) is 13.9. The summed E-state index contributed by atoms with van der Waals surface area (Å²) >= 11 is 0. The SMILES string of the molecule is C=C/C=C(\C=C/C)Nc1ccc(N)c(-c2cccc3c(-c4ccccc4)cc4ccccc4c23)c1C=N. The lowest BCUT2D eigenvalue weighted by Crippen LogP contribution is -2.04. The zero-order valence-corrected chi connectivity index (χ0v) is 20.8. The Morgan fingerprint density at radius 1 is 0.865 bits per heavy atom. The molecule has 0 heterocycles. The Balaban J connectivity index is 1.85. The number of nitrogens with one attached hydrogen (secondary N) is 2. The summed E-state index contributed by atoms with van der Waals surface area (Å²) in [4.78, 5) is 0. The van der Waals surface area contributed by atoms with Gasteiger partial charge in [0.1, 0.15) is 0 Å². The molecule has 37 heavy (non-hydrogen) atoms. The van der Waals surface area contributed by atoms with E-state index in [9.17, 15) is 0 Å². The molecule has 0 atom stereocenters. The van der Waals surface area contributed by atoms with E-state index in [1.807, 2.05) is 43.4 Å². The molecule has 180 valence electrons. The van der Waals surface area contributed by atoms with Crippen LogP contribution in [0.1, 0.15) is 12.5 Å². The molecule has 5 aromatic carbocycles. The minimum absolute atomic E-state index is 0.631. The summed E-state index contributed by atoms with van der Waals surface area (Å²) in [6.45, 7) is 5.80. The standard InChI is InChI=1S/C34H29N3/c1-3-11-25(12-4-2)37-32-20-19-31(36)34(30(32)22-35)28-18-10-17-27-29(23-13-6-5-7-14-23)21-24-15-8-9-16-26(24)33(27)28/h3-22,35,37H,1,36H2,2H3/b12-4-,25-11+,35-22?. The van der Waals surface area contributed by atoms with Crippen molar-refractivity contribution in [2.45, 2.75) is 6.92 Å². The van der Waals surface area contributed by atoms with Gasteiger partial charge >= 0.3 is 0 Å². The van der Waals surface area contributed by atoms with Gasteiger partial charge in [0, 0.05) is 34.4 Å². The molecule has 0 fully saturated rings. The zero-order valence-electron chi connectivity index (χ0n) is 20.8. The molecule has 0 saturated heterocycles. The van der Waals surface area contributed by atoms with Crippen LogP contribution in [0, 0.1) is 5.41 Å². The van der Waals surface area contributed by atoms with Crippen LogP contribution in [0.25, 0.3) is 43.8 Å². The highest BCUT2D eigenvalue weighted by Crippen LogP contribution is 2.43. The van der Waals surface area contributed by atoms with Crippen molar-refractivity contribution in [3.63, 3.8) is 0 Å². The van der Waals surface area contributed by atoms with Gasteiger partial charge in [-0.25, -0.2) is 0 Å². The molecular weight excluding hydrogens is 450 g/mol. The smallest absolute Gasteiger partial charge is 0.0481 e. The third-order valence-electron chi connectivity index (χ3n) is 6.58. The average molecular weight is 480 g/mol. The number of benzene rings is 5. The third kappa shape index (κ3) is 4.43. The van der Waals surface area contributed by atoms with Crippen LogP contribution < -0.4 is 11.1 Å². The molecule has 5 rings (SSSR count). The summed E-state index contributed by atoms with van der Waals surface area (Å²) in [6.07, 6.45) is 8.97. The second-order valence-corrected chi connectivity index (χ2v) is 8.86. The molecule has 0 unspecified atom stereocenters. The van der Waals surface area contributed by atoms with Crippen molar-refractivity contribution in [3.05, 3.63) is 133 Å². The molecule has 4 N–H and O–H groups in total. The van der Waals surface area contributed by atoms with Gasteiger partial charge in [-0.2, -0.15) is 0 Å². The van der Waals surface area contributed by atoms with E-state index in [1.165, 1.54) is 11.8 Å². The van der Waals surface area contributed by atoms with E-state index in [1.54, 1.807) is 6.08 Å². The fourth-order valence-electron chi connectivity index (χ4n) is 5.01. The van der Waals surface area contributed by atoms with Gasteiger partial charge in [-0.15, -0.1) is 0 Å². The number of rotatable bonds is 7. The first-order valence-corrected chi connectivity index (χ1v) is 12.3. The Morgan fingerprint density at radius 2 is 1.62 bits per heavy atom. The molecule has 0 aromatic heterocycles. The maximum Gasteiger partial charge on any atom is 0.0481 e. The largest absolute Gasteiger partial charge is 0.398 e. The molecule has 0 radical (unpaired) electrons. The lowest BCUT2D eigenvalue weighted by molar-refractivity contribution is 1.44. The van der Waals surface area contributed by atoms with E-state index < -0.39 is 0 Å². The summed E-state index contributed by atoms with van der Waals surface area (Å²) in [7, 11) is 0. The van der Waals surface area contributed by atoms with Gasteiger partial charge in [-0.1, -0.05) is 91.5 Å². The van der Waals surface area contributed by atoms with Crippen LogP contribution >= 0.6 is 0 Å². The quantitative estimate of drug-likeness (QED) is 0.0944. The van der Waals surface area contributed by atoms with Crippen LogP contribution in [0.4, 0.5) is 11.4 Å². The first kappa shape index (κ1) is 23.8. The van der Waals surface area contributed by atoms with Crippen LogP contribution in [0.2, 0.25) is 0 Å².